The molecule has 0 fully saturated rings. The molecule has 0 spiro atoms. The molecule has 0 radical (unpaired) electrons. The van der Waals surface area contributed by atoms with Gasteiger partial charge in [-0.05, 0) is 62.4 Å². The van der Waals surface area contributed by atoms with Crippen LogP contribution in [0.2, 0.25) is 0 Å². The molecule has 11 heteroatoms. The summed E-state index contributed by atoms with van der Waals surface area (Å²) in [7, 11) is -2.54. The second-order valence-corrected chi connectivity index (χ2v) is 8.72. The lowest BCUT2D eigenvalue weighted by molar-refractivity contribution is -0.149. The maximum Gasteiger partial charge on any atom is 0.324 e. The predicted molar refractivity (Wildman–Crippen MR) is 124 cm³/mol. The first kappa shape index (κ1) is 26.6. The van der Waals surface area contributed by atoms with E-state index in [1.54, 1.807) is 24.3 Å². The van der Waals surface area contributed by atoms with E-state index in [0.29, 0.717) is 23.8 Å². The van der Waals surface area contributed by atoms with Crippen molar-refractivity contribution in [3.63, 3.8) is 0 Å². The summed E-state index contributed by atoms with van der Waals surface area (Å²) in [5, 5.41) is 8.91. The van der Waals surface area contributed by atoms with Crippen LogP contribution in [0.3, 0.4) is 0 Å². The van der Waals surface area contributed by atoms with Crippen LogP contribution in [0.5, 0.6) is 11.5 Å². The Labute approximate surface area is 199 Å². The Kier molecular flexibility index (Phi) is 9.85. The van der Waals surface area contributed by atoms with Gasteiger partial charge >= 0.3 is 5.97 Å². The van der Waals surface area contributed by atoms with E-state index in [2.05, 4.69) is 4.72 Å². The van der Waals surface area contributed by atoms with Crippen LogP contribution in [0.25, 0.3) is 0 Å². The highest BCUT2D eigenvalue weighted by Crippen LogP contribution is 2.20. The summed E-state index contributed by atoms with van der Waals surface area (Å²) in [6.45, 7) is 3.14. The summed E-state index contributed by atoms with van der Waals surface area (Å²) in [6.07, 6.45) is 0.0744. The van der Waals surface area contributed by atoms with Gasteiger partial charge in [0, 0.05) is 12.2 Å². The van der Waals surface area contributed by atoms with E-state index < -0.39 is 34.5 Å². The van der Waals surface area contributed by atoms with Gasteiger partial charge in [-0.1, -0.05) is 0 Å². The molecule has 2 aromatic rings. The number of hydrogen-bond donors (Lipinski definition) is 1. The minimum absolute atomic E-state index is 0.0535. The van der Waals surface area contributed by atoms with Crippen molar-refractivity contribution in [3.8, 4) is 17.6 Å². The molecule has 0 aliphatic carbocycles. The van der Waals surface area contributed by atoms with Crippen LogP contribution in [0.15, 0.2) is 53.4 Å². The summed E-state index contributed by atoms with van der Waals surface area (Å²) in [6, 6.07) is 13.1. The molecule has 182 valence electrons. The molecule has 0 bridgehead atoms. The van der Waals surface area contributed by atoms with Crippen LogP contribution in [0.1, 0.15) is 20.3 Å². The number of anilines is 1. The van der Waals surface area contributed by atoms with E-state index in [9.17, 15) is 18.0 Å². The predicted octanol–water partition coefficient (Wildman–Crippen LogP) is 2.25. The van der Waals surface area contributed by atoms with E-state index in [1.807, 2.05) is 13.0 Å². The van der Waals surface area contributed by atoms with Crippen molar-refractivity contribution >= 4 is 27.6 Å². The number of methoxy groups -OCH3 is 1. The normalized spacial score (nSPS) is 11.7. The van der Waals surface area contributed by atoms with Crippen molar-refractivity contribution in [2.45, 2.75) is 31.2 Å². The Morgan fingerprint density at radius 2 is 1.71 bits per heavy atom. The van der Waals surface area contributed by atoms with Gasteiger partial charge in [0.15, 0.2) is 6.61 Å². The van der Waals surface area contributed by atoms with Crippen molar-refractivity contribution in [2.24, 2.45) is 0 Å². The molecular weight excluding hydrogens is 462 g/mol. The van der Waals surface area contributed by atoms with Gasteiger partial charge < -0.3 is 19.1 Å². The molecule has 0 saturated carbocycles. The van der Waals surface area contributed by atoms with E-state index in [-0.39, 0.29) is 17.9 Å². The molecule has 1 atom stereocenters. The number of nitrogens with one attached hydrogen (secondary N) is 1. The molecule has 1 amide bonds. The lowest BCUT2D eigenvalue weighted by Gasteiger charge is -2.22. The number of nitriles is 1. The standard InChI is InChI=1S/C23H27N3O7S/c1-4-32-20-8-6-18(7-9-20)26(15-5-14-24)22(27)16-33-23(28)17(2)25-34(29,30)21-12-10-19(31-3)11-13-21/h6-13,17,25H,4-5,15-16H2,1-3H3. The smallest absolute Gasteiger partial charge is 0.324 e. The Bertz CT molecular complexity index is 1110. The van der Waals surface area contributed by atoms with Gasteiger partial charge in [-0.3, -0.25) is 9.59 Å². The summed E-state index contributed by atoms with van der Waals surface area (Å²) in [5.41, 5.74) is 0.507. The average Bonchev–Trinajstić information content (AvgIpc) is 2.83. The average molecular weight is 490 g/mol. The minimum Gasteiger partial charge on any atom is -0.497 e. The number of sulfonamides is 1. The largest absolute Gasteiger partial charge is 0.497 e. The molecule has 0 aliphatic heterocycles. The second kappa shape index (κ2) is 12.6. The molecule has 10 nitrogen and oxygen atoms in total. The first-order chi connectivity index (χ1) is 16.2. The summed E-state index contributed by atoms with van der Waals surface area (Å²) < 4.78 is 42.6. The third-order valence-electron chi connectivity index (χ3n) is 4.60. The van der Waals surface area contributed by atoms with Gasteiger partial charge in [0.2, 0.25) is 10.0 Å². The highest BCUT2D eigenvalue weighted by molar-refractivity contribution is 7.89. The van der Waals surface area contributed by atoms with Crippen molar-refractivity contribution in [1.29, 1.82) is 5.26 Å². The third kappa shape index (κ3) is 7.47. The van der Waals surface area contributed by atoms with Gasteiger partial charge in [-0.2, -0.15) is 9.98 Å². The molecule has 2 aromatic carbocycles. The zero-order valence-electron chi connectivity index (χ0n) is 19.2. The Balaban J connectivity index is 2.00. The first-order valence-electron chi connectivity index (χ1n) is 10.4. The fourth-order valence-corrected chi connectivity index (χ4v) is 4.08. The van der Waals surface area contributed by atoms with Crippen LogP contribution in [-0.2, 0) is 24.3 Å². The fraction of sp³-hybridized carbons (Fsp3) is 0.348. The molecule has 0 saturated heterocycles. The first-order valence-corrected chi connectivity index (χ1v) is 11.9. The summed E-state index contributed by atoms with van der Waals surface area (Å²) >= 11 is 0. The van der Waals surface area contributed by atoms with Crippen molar-refractivity contribution in [2.75, 3.05) is 31.8 Å². The fourth-order valence-electron chi connectivity index (χ4n) is 2.89. The maximum atomic E-state index is 12.7. The lowest BCUT2D eigenvalue weighted by Crippen LogP contribution is -2.41. The topological polar surface area (TPSA) is 135 Å². The van der Waals surface area contributed by atoms with Gasteiger partial charge in [-0.25, -0.2) is 8.42 Å². The highest BCUT2D eigenvalue weighted by atomic mass is 32.2. The van der Waals surface area contributed by atoms with E-state index in [0.717, 1.165) is 0 Å². The molecule has 1 unspecified atom stereocenters. The molecule has 34 heavy (non-hydrogen) atoms. The number of hydrogen-bond acceptors (Lipinski definition) is 8. The number of carbonyl (C=O) groups is 2. The van der Waals surface area contributed by atoms with Gasteiger partial charge in [0.1, 0.15) is 17.5 Å². The van der Waals surface area contributed by atoms with Crippen LogP contribution < -0.4 is 19.1 Å². The van der Waals surface area contributed by atoms with E-state index in [1.165, 1.54) is 43.2 Å². The molecule has 0 aliphatic rings. The number of ether oxygens (including phenoxy) is 3. The minimum atomic E-state index is -4.00. The number of carbonyl (C=O) groups excluding carboxylic acids is 2. The Morgan fingerprint density at radius 3 is 2.26 bits per heavy atom. The molecule has 0 heterocycles. The summed E-state index contributed by atoms with van der Waals surface area (Å²) in [4.78, 5) is 26.3. The van der Waals surface area contributed by atoms with Gasteiger partial charge in [0.05, 0.1) is 31.1 Å². The van der Waals surface area contributed by atoms with E-state index in [4.69, 9.17) is 19.5 Å². The second-order valence-electron chi connectivity index (χ2n) is 7.01. The van der Waals surface area contributed by atoms with Crippen LogP contribution in [-0.4, -0.2) is 53.2 Å². The maximum absolute atomic E-state index is 12.7. The number of nitrogens with zero attached hydrogens (tertiary/aromatic N) is 2. The van der Waals surface area contributed by atoms with Crippen molar-refractivity contribution in [1.82, 2.24) is 4.72 Å². The van der Waals surface area contributed by atoms with Crippen LogP contribution in [0.4, 0.5) is 5.69 Å². The van der Waals surface area contributed by atoms with E-state index >= 15 is 0 Å². The van der Waals surface area contributed by atoms with Gasteiger partial charge in [-0.15, -0.1) is 0 Å². The number of benzene rings is 2. The number of esters is 1. The summed E-state index contributed by atoms with van der Waals surface area (Å²) in [5.74, 6) is -0.364. The molecular formula is C23H27N3O7S. The van der Waals surface area contributed by atoms with Crippen molar-refractivity contribution in [3.05, 3.63) is 48.5 Å². The van der Waals surface area contributed by atoms with Crippen molar-refractivity contribution < 1.29 is 32.2 Å². The van der Waals surface area contributed by atoms with Gasteiger partial charge in [0.25, 0.3) is 5.91 Å². The third-order valence-corrected chi connectivity index (χ3v) is 6.16. The molecule has 0 aromatic heterocycles. The Hall–Kier alpha value is -3.62. The highest BCUT2D eigenvalue weighted by Gasteiger charge is 2.25. The van der Waals surface area contributed by atoms with Crippen LogP contribution >= 0.6 is 0 Å². The molecule has 2 rings (SSSR count). The zero-order valence-corrected chi connectivity index (χ0v) is 20.0. The zero-order chi connectivity index (χ0) is 25.1. The lowest BCUT2D eigenvalue weighted by atomic mass is 10.2. The van der Waals surface area contributed by atoms with Crippen LogP contribution in [0, 0.1) is 11.3 Å². The monoisotopic (exact) mass is 489 g/mol. The SMILES string of the molecule is CCOc1ccc(N(CCC#N)C(=O)COC(=O)C(C)NS(=O)(=O)c2ccc(OC)cc2)cc1. The Morgan fingerprint density at radius 1 is 1.09 bits per heavy atom. The number of rotatable bonds is 12. The molecule has 1 N–H and O–H groups in total. The number of amides is 1. The quantitative estimate of drug-likeness (QED) is 0.449.